The largest absolute Gasteiger partial charge is 0.390 e. The lowest BCUT2D eigenvalue weighted by atomic mass is 10.0. The second-order valence-corrected chi connectivity index (χ2v) is 8.70. The van der Waals surface area contributed by atoms with Gasteiger partial charge in [0.2, 0.25) is 0 Å². The summed E-state index contributed by atoms with van der Waals surface area (Å²) in [5.41, 5.74) is 3.64. The number of β-amino-alcohol motifs (C(OH)–C–C–N with tert-alkyl or cyclic N) is 1. The monoisotopic (exact) mass is 449 g/mol. The van der Waals surface area contributed by atoms with E-state index in [9.17, 15) is 14.8 Å². The lowest BCUT2D eigenvalue weighted by Crippen LogP contribution is -2.42. The third-order valence-electron chi connectivity index (χ3n) is 5.71. The van der Waals surface area contributed by atoms with Crippen LogP contribution in [0.15, 0.2) is 52.9 Å². The Hall–Kier alpha value is -3.26. The van der Waals surface area contributed by atoms with E-state index in [2.05, 4.69) is 26.6 Å². The van der Waals surface area contributed by atoms with Crippen LogP contribution in [-0.2, 0) is 0 Å². The van der Waals surface area contributed by atoms with Crippen molar-refractivity contribution in [2.75, 3.05) is 13.1 Å². The summed E-state index contributed by atoms with van der Waals surface area (Å²) in [5, 5.41) is 32.3. The number of fused-ring (bicyclic) bond motifs is 1. The molecule has 0 unspecified atom stereocenters. The van der Waals surface area contributed by atoms with Gasteiger partial charge in [-0.3, -0.25) is 4.68 Å². The minimum Gasteiger partial charge on any atom is -0.390 e. The van der Waals surface area contributed by atoms with Gasteiger partial charge in [-0.15, -0.1) is 0 Å². The van der Waals surface area contributed by atoms with Crippen LogP contribution >= 0.6 is 11.8 Å². The fourth-order valence-corrected chi connectivity index (χ4v) is 5.07. The highest BCUT2D eigenvalue weighted by molar-refractivity contribution is 7.99. The number of rotatable bonds is 4. The molecule has 0 amide bonds. The van der Waals surface area contributed by atoms with Crippen LogP contribution in [0.2, 0.25) is 0 Å². The van der Waals surface area contributed by atoms with Gasteiger partial charge in [0.25, 0.3) is 0 Å². The number of nitrogens with zero attached hydrogens (tertiary/aromatic N) is 6. The Bertz CT molecular complexity index is 1340. The number of aromatic nitrogens is 5. The van der Waals surface area contributed by atoms with Crippen molar-refractivity contribution in [3.63, 3.8) is 0 Å². The summed E-state index contributed by atoms with van der Waals surface area (Å²) in [6.45, 7) is 3.32. The number of nitrogens with one attached hydrogen (secondary N) is 1. The first-order valence-corrected chi connectivity index (χ1v) is 11.0. The highest BCUT2D eigenvalue weighted by atomic mass is 32.2. The smallest absolute Gasteiger partial charge is 0.155 e. The number of pyridine rings is 2. The first-order chi connectivity index (χ1) is 15.6. The highest BCUT2D eigenvalue weighted by Crippen LogP contribution is 2.37. The summed E-state index contributed by atoms with van der Waals surface area (Å²) in [6, 6.07) is 6.86. The molecule has 8 nitrogen and oxygen atoms in total. The van der Waals surface area contributed by atoms with Gasteiger partial charge in [-0.05, 0) is 38.1 Å². The van der Waals surface area contributed by atoms with Crippen LogP contribution in [0, 0.1) is 24.1 Å². The van der Waals surface area contributed by atoms with Crippen molar-refractivity contribution in [3.05, 3.63) is 60.1 Å². The Morgan fingerprint density at radius 3 is 3.00 bits per heavy atom. The molecule has 0 aromatic carbocycles. The molecule has 1 aliphatic heterocycles. The summed E-state index contributed by atoms with van der Waals surface area (Å²) in [7, 11) is 0. The van der Waals surface area contributed by atoms with Crippen molar-refractivity contribution < 1.29 is 9.50 Å². The molecule has 0 saturated carbocycles. The van der Waals surface area contributed by atoms with Crippen molar-refractivity contribution in [3.8, 4) is 17.2 Å². The maximum Gasteiger partial charge on any atom is 0.155 e. The molecule has 0 bridgehead atoms. The van der Waals surface area contributed by atoms with Crippen LogP contribution < -0.4 is 5.32 Å². The predicted molar refractivity (Wildman–Crippen MR) is 117 cm³/mol. The topological polar surface area (TPSA) is 104 Å². The number of hydrogen-bond acceptors (Lipinski definition) is 7. The Balaban J connectivity index is 1.62. The first-order valence-electron chi connectivity index (χ1n) is 10.2. The zero-order valence-electron chi connectivity index (χ0n) is 17.2. The summed E-state index contributed by atoms with van der Waals surface area (Å²) in [6.07, 6.45) is 6.91. The summed E-state index contributed by atoms with van der Waals surface area (Å²) < 4.78 is 17.8. The molecule has 2 atom stereocenters. The molecule has 0 radical (unpaired) electrons. The molecule has 0 aliphatic carbocycles. The minimum absolute atomic E-state index is 0.0971. The number of aliphatic hydroxyl groups is 1. The van der Waals surface area contributed by atoms with Crippen molar-refractivity contribution >= 4 is 17.3 Å². The van der Waals surface area contributed by atoms with Gasteiger partial charge >= 0.3 is 0 Å². The van der Waals surface area contributed by atoms with Gasteiger partial charge in [0.1, 0.15) is 11.1 Å². The van der Waals surface area contributed by atoms with Gasteiger partial charge in [0.15, 0.2) is 5.82 Å². The standard InChI is InChI=1S/C22H20FN7OS/c1-13-16(10-28-30(13)18-4-6-25-11-19(18)31)14-7-20(32-22-17(23)3-2-5-26-22)21-15(8-24)9-27-29(21)12-14/h2-3,5,7,9-10,12,18-19,25,31H,4,6,11H2,1H3/t18-,19-/m0/s1. The molecule has 1 fully saturated rings. The summed E-state index contributed by atoms with van der Waals surface area (Å²) in [4.78, 5) is 4.81. The molecule has 2 N–H and O–H groups in total. The fraction of sp³-hybridized carbons (Fsp3) is 0.273. The molecule has 4 aromatic rings. The summed E-state index contributed by atoms with van der Waals surface area (Å²) in [5.74, 6) is -0.428. The quantitative estimate of drug-likeness (QED) is 0.494. The zero-order chi connectivity index (χ0) is 22.2. The highest BCUT2D eigenvalue weighted by Gasteiger charge is 2.27. The number of halogens is 1. The average Bonchev–Trinajstić information content (AvgIpc) is 3.39. The van der Waals surface area contributed by atoms with Crippen molar-refractivity contribution in [1.29, 1.82) is 5.26 Å². The van der Waals surface area contributed by atoms with E-state index in [-0.39, 0.29) is 11.1 Å². The number of nitriles is 1. The first kappa shape index (κ1) is 20.6. The Labute approximate surface area is 187 Å². The van der Waals surface area contributed by atoms with Crippen LogP contribution in [0.25, 0.3) is 16.6 Å². The van der Waals surface area contributed by atoms with Crippen LogP contribution in [-0.4, -0.2) is 48.7 Å². The third-order valence-corrected chi connectivity index (χ3v) is 6.74. The maximum atomic E-state index is 14.3. The van der Waals surface area contributed by atoms with Gasteiger partial charge < -0.3 is 10.4 Å². The Kier molecular flexibility index (Phi) is 5.38. The molecule has 1 saturated heterocycles. The Morgan fingerprint density at radius 2 is 2.22 bits per heavy atom. The molecular formula is C22H20FN7OS. The van der Waals surface area contributed by atoms with Gasteiger partial charge in [0.05, 0.1) is 35.6 Å². The second-order valence-electron chi connectivity index (χ2n) is 7.66. The minimum atomic E-state index is -0.514. The van der Waals surface area contributed by atoms with E-state index in [4.69, 9.17) is 0 Å². The molecule has 0 spiro atoms. The predicted octanol–water partition coefficient (Wildman–Crippen LogP) is 2.96. The fourth-order valence-electron chi connectivity index (χ4n) is 4.10. The molecule has 1 aliphatic rings. The van der Waals surface area contributed by atoms with Gasteiger partial charge in [-0.2, -0.15) is 15.5 Å². The maximum absolute atomic E-state index is 14.3. The van der Waals surface area contributed by atoms with Crippen LogP contribution in [0.5, 0.6) is 0 Å². The van der Waals surface area contributed by atoms with E-state index in [0.29, 0.717) is 22.5 Å². The molecule has 5 rings (SSSR count). The van der Waals surface area contributed by atoms with Crippen molar-refractivity contribution in [2.24, 2.45) is 0 Å². The summed E-state index contributed by atoms with van der Waals surface area (Å²) >= 11 is 1.15. The lowest BCUT2D eigenvalue weighted by Gasteiger charge is -2.29. The zero-order valence-corrected chi connectivity index (χ0v) is 18.1. The van der Waals surface area contributed by atoms with E-state index >= 15 is 0 Å². The molecule has 5 heterocycles. The lowest BCUT2D eigenvalue weighted by molar-refractivity contribution is 0.0800. The van der Waals surface area contributed by atoms with E-state index < -0.39 is 11.9 Å². The van der Waals surface area contributed by atoms with Gasteiger partial charge in [-0.1, -0.05) is 11.8 Å². The number of aliphatic hydroxyl groups excluding tert-OH is 1. The van der Waals surface area contributed by atoms with Crippen molar-refractivity contribution in [2.45, 2.75) is 35.4 Å². The second kappa shape index (κ2) is 8.35. The average molecular weight is 450 g/mol. The van der Waals surface area contributed by atoms with Crippen molar-refractivity contribution in [1.82, 2.24) is 29.7 Å². The van der Waals surface area contributed by atoms with E-state index in [1.165, 1.54) is 24.5 Å². The molecule has 10 heteroatoms. The number of hydrogen-bond donors (Lipinski definition) is 2. The van der Waals surface area contributed by atoms with E-state index in [0.717, 1.165) is 41.5 Å². The molecule has 4 aromatic heterocycles. The normalized spacial score (nSPS) is 18.7. The molecule has 32 heavy (non-hydrogen) atoms. The van der Waals surface area contributed by atoms with Crippen LogP contribution in [0.3, 0.4) is 0 Å². The molecular weight excluding hydrogens is 429 g/mol. The van der Waals surface area contributed by atoms with Gasteiger partial charge in [0, 0.05) is 40.7 Å². The van der Waals surface area contributed by atoms with E-state index in [1.807, 2.05) is 23.9 Å². The van der Waals surface area contributed by atoms with Crippen LogP contribution in [0.4, 0.5) is 4.39 Å². The van der Waals surface area contributed by atoms with Gasteiger partial charge in [-0.25, -0.2) is 13.9 Å². The molecule has 162 valence electrons. The third kappa shape index (κ3) is 3.54. The number of piperidine rings is 1. The Morgan fingerprint density at radius 1 is 1.34 bits per heavy atom. The van der Waals surface area contributed by atoms with E-state index in [1.54, 1.807) is 10.7 Å². The van der Waals surface area contributed by atoms with Crippen LogP contribution in [0.1, 0.15) is 23.7 Å². The SMILES string of the molecule is Cc1c(-c2cc(Sc3ncccc3F)c3c(C#N)cnn3c2)cnn1[C@H]1CCNC[C@@H]1O.